The highest BCUT2D eigenvalue weighted by Gasteiger charge is 2.06. The molecule has 4 N–H and O–H groups in total. The normalized spacial score (nSPS) is 10.3. The maximum absolute atomic E-state index is 6.02. The van der Waals surface area contributed by atoms with Gasteiger partial charge >= 0.3 is 0 Å². The van der Waals surface area contributed by atoms with Crippen molar-refractivity contribution in [2.24, 2.45) is 0 Å². The number of imidazole rings is 1. The molecule has 6 heteroatoms. The minimum atomic E-state index is 0.495. The number of halogens is 1. The van der Waals surface area contributed by atoms with Crippen LogP contribution in [0.5, 0.6) is 5.75 Å². The minimum absolute atomic E-state index is 0.495. The van der Waals surface area contributed by atoms with E-state index in [1.165, 1.54) is 0 Å². The van der Waals surface area contributed by atoms with Gasteiger partial charge in [0, 0.05) is 5.69 Å². The van der Waals surface area contributed by atoms with Gasteiger partial charge in [-0.3, -0.25) is 0 Å². The molecule has 0 aliphatic heterocycles. The van der Waals surface area contributed by atoms with E-state index < -0.39 is 0 Å². The Labute approximate surface area is 104 Å². The molecule has 0 aliphatic rings. The summed E-state index contributed by atoms with van der Waals surface area (Å²) in [6.07, 6.45) is 0. The number of H-pyrrole nitrogens is 1. The lowest BCUT2D eigenvalue weighted by Crippen LogP contribution is -1.95. The van der Waals surface area contributed by atoms with Gasteiger partial charge in [-0.2, -0.15) is 0 Å². The number of hydrogen-bond donors (Lipinski definition) is 3. The number of nitrogens with one attached hydrogen (secondary N) is 2. The van der Waals surface area contributed by atoms with Crippen molar-refractivity contribution >= 4 is 28.9 Å². The summed E-state index contributed by atoms with van der Waals surface area (Å²) in [5.41, 5.74) is 6.55. The van der Waals surface area contributed by atoms with Crippen LogP contribution in [0.1, 0.15) is 5.82 Å². The number of aromatic nitrogens is 2. The van der Waals surface area contributed by atoms with E-state index in [1.54, 1.807) is 19.2 Å². The Morgan fingerprint density at radius 2 is 2.24 bits per heavy atom. The third-order valence-corrected chi connectivity index (χ3v) is 2.56. The van der Waals surface area contributed by atoms with Gasteiger partial charge in [-0.1, -0.05) is 11.6 Å². The monoisotopic (exact) mass is 252 g/mol. The number of benzene rings is 1. The molecule has 90 valence electrons. The summed E-state index contributed by atoms with van der Waals surface area (Å²) in [6.45, 7) is 1.84. The zero-order valence-electron chi connectivity index (χ0n) is 9.54. The van der Waals surface area contributed by atoms with Gasteiger partial charge in [0.15, 0.2) is 5.82 Å². The second kappa shape index (κ2) is 4.55. The maximum atomic E-state index is 6.02. The fourth-order valence-electron chi connectivity index (χ4n) is 1.49. The first-order valence-corrected chi connectivity index (χ1v) is 5.40. The summed E-state index contributed by atoms with van der Waals surface area (Å²) in [5, 5.41) is 3.61. The minimum Gasteiger partial charge on any atom is -0.495 e. The molecule has 1 heterocycles. The van der Waals surface area contributed by atoms with Crippen molar-refractivity contribution in [2.75, 3.05) is 18.2 Å². The highest BCUT2D eigenvalue weighted by molar-refractivity contribution is 6.32. The Morgan fingerprint density at radius 3 is 2.76 bits per heavy atom. The molecule has 0 atom stereocenters. The van der Waals surface area contributed by atoms with E-state index in [0.29, 0.717) is 22.4 Å². The quantitative estimate of drug-likeness (QED) is 0.785. The van der Waals surface area contributed by atoms with Gasteiger partial charge in [0.2, 0.25) is 0 Å². The molecule has 0 bridgehead atoms. The number of ether oxygens (including phenoxy) is 1. The Balaban J connectivity index is 2.24. The van der Waals surface area contributed by atoms with E-state index in [-0.39, 0.29) is 0 Å². The number of nitrogen functional groups attached to an aromatic ring is 1. The van der Waals surface area contributed by atoms with Crippen LogP contribution >= 0.6 is 11.6 Å². The Morgan fingerprint density at radius 1 is 1.47 bits per heavy atom. The molecule has 0 spiro atoms. The lowest BCUT2D eigenvalue weighted by atomic mass is 10.3. The molecule has 0 radical (unpaired) electrons. The average molecular weight is 253 g/mol. The standard InChI is InChI=1S/C11H13ClN4O/c1-6-14-10(13)11(15-6)16-7-3-4-9(17-2)8(12)5-7/h3-5,16H,13H2,1-2H3,(H,14,15). The van der Waals surface area contributed by atoms with Crippen LogP contribution in [0.4, 0.5) is 17.3 Å². The molecule has 0 fully saturated rings. The predicted octanol–water partition coefficient (Wildman–Crippen LogP) is 2.71. The van der Waals surface area contributed by atoms with Crippen LogP contribution in [0.2, 0.25) is 5.02 Å². The molecule has 0 amide bonds. The Hall–Kier alpha value is -1.88. The molecule has 2 rings (SSSR count). The number of hydrogen-bond acceptors (Lipinski definition) is 4. The lowest BCUT2D eigenvalue weighted by molar-refractivity contribution is 0.415. The summed E-state index contributed by atoms with van der Waals surface area (Å²) in [5.74, 6) is 2.46. The molecule has 0 unspecified atom stereocenters. The van der Waals surface area contributed by atoms with E-state index in [9.17, 15) is 0 Å². The SMILES string of the molecule is COc1ccc(Nc2nc(C)[nH]c2N)cc1Cl. The van der Waals surface area contributed by atoms with Gasteiger partial charge in [-0.25, -0.2) is 4.98 Å². The summed E-state index contributed by atoms with van der Waals surface area (Å²) >= 11 is 6.02. The van der Waals surface area contributed by atoms with E-state index in [0.717, 1.165) is 11.5 Å². The predicted molar refractivity (Wildman–Crippen MR) is 69.0 cm³/mol. The maximum Gasteiger partial charge on any atom is 0.173 e. The van der Waals surface area contributed by atoms with Crippen molar-refractivity contribution in [1.29, 1.82) is 0 Å². The van der Waals surface area contributed by atoms with E-state index in [4.69, 9.17) is 22.1 Å². The second-order valence-corrected chi connectivity index (χ2v) is 3.97. The van der Waals surface area contributed by atoms with Crippen LogP contribution in [0.15, 0.2) is 18.2 Å². The van der Waals surface area contributed by atoms with Crippen molar-refractivity contribution < 1.29 is 4.74 Å². The zero-order chi connectivity index (χ0) is 12.4. The number of nitrogens with zero attached hydrogens (tertiary/aromatic N) is 1. The molecule has 0 saturated heterocycles. The number of anilines is 3. The molecule has 1 aromatic carbocycles. The van der Waals surface area contributed by atoms with Crippen molar-refractivity contribution in [3.05, 3.63) is 29.0 Å². The van der Waals surface area contributed by atoms with Gasteiger partial charge in [-0.05, 0) is 25.1 Å². The van der Waals surface area contributed by atoms with E-state index in [1.807, 2.05) is 13.0 Å². The molecular weight excluding hydrogens is 240 g/mol. The van der Waals surface area contributed by atoms with E-state index >= 15 is 0 Å². The first kappa shape index (κ1) is 11.6. The number of methoxy groups -OCH3 is 1. The fraction of sp³-hybridized carbons (Fsp3) is 0.182. The van der Waals surface area contributed by atoms with Gasteiger partial charge in [-0.15, -0.1) is 0 Å². The third kappa shape index (κ3) is 2.45. The van der Waals surface area contributed by atoms with Crippen LogP contribution in [-0.4, -0.2) is 17.1 Å². The smallest absolute Gasteiger partial charge is 0.173 e. The molecule has 17 heavy (non-hydrogen) atoms. The number of aromatic amines is 1. The largest absolute Gasteiger partial charge is 0.495 e. The summed E-state index contributed by atoms with van der Waals surface area (Å²) in [6, 6.07) is 5.37. The summed E-state index contributed by atoms with van der Waals surface area (Å²) < 4.78 is 5.07. The zero-order valence-corrected chi connectivity index (χ0v) is 10.3. The fourth-order valence-corrected chi connectivity index (χ4v) is 1.74. The van der Waals surface area contributed by atoms with Crippen LogP contribution in [0.3, 0.4) is 0 Å². The number of rotatable bonds is 3. The van der Waals surface area contributed by atoms with Crippen LogP contribution in [0.25, 0.3) is 0 Å². The van der Waals surface area contributed by atoms with Crippen LogP contribution in [-0.2, 0) is 0 Å². The topological polar surface area (TPSA) is 76.0 Å². The van der Waals surface area contributed by atoms with Gasteiger partial charge in [0.1, 0.15) is 17.4 Å². The van der Waals surface area contributed by atoms with Crippen LogP contribution in [0, 0.1) is 6.92 Å². The van der Waals surface area contributed by atoms with Crippen molar-refractivity contribution in [3.63, 3.8) is 0 Å². The number of aryl methyl sites for hydroxylation is 1. The third-order valence-electron chi connectivity index (χ3n) is 2.26. The van der Waals surface area contributed by atoms with Crippen molar-refractivity contribution in [1.82, 2.24) is 9.97 Å². The van der Waals surface area contributed by atoms with Gasteiger partial charge < -0.3 is 20.8 Å². The Kier molecular flexibility index (Phi) is 3.10. The molecule has 1 aromatic heterocycles. The number of nitrogens with two attached hydrogens (primary N) is 1. The molecule has 5 nitrogen and oxygen atoms in total. The molecule has 2 aromatic rings. The highest BCUT2D eigenvalue weighted by Crippen LogP contribution is 2.29. The van der Waals surface area contributed by atoms with Gasteiger partial charge in [0.05, 0.1) is 12.1 Å². The first-order chi connectivity index (χ1) is 8.10. The van der Waals surface area contributed by atoms with Crippen molar-refractivity contribution in [2.45, 2.75) is 6.92 Å². The molecular formula is C11H13ClN4O. The average Bonchev–Trinajstić information content (AvgIpc) is 2.58. The Bertz CT molecular complexity index is 538. The van der Waals surface area contributed by atoms with E-state index in [2.05, 4.69) is 15.3 Å². The second-order valence-electron chi connectivity index (χ2n) is 3.56. The lowest BCUT2D eigenvalue weighted by Gasteiger charge is -2.07. The molecule has 0 saturated carbocycles. The summed E-state index contributed by atoms with van der Waals surface area (Å²) in [4.78, 5) is 7.12. The van der Waals surface area contributed by atoms with Gasteiger partial charge in [0.25, 0.3) is 0 Å². The van der Waals surface area contributed by atoms with Crippen molar-refractivity contribution in [3.8, 4) is 5.75 Å². The van der Waals surface area contributed by atoms with Crippen LogP contribution < -0.4 is 15.8 Å². The summed E-state index contributed by atoms with van der Waals surface area (Å²) in [7, 11) is 1.57. The first-order valence-electron chi connectivity index (χ1n) is 5.03. The highest BCUT2D eigenvalue weighted by atomic mass is 35.5. The molecule has 0 aliphatic carbocycles.